The van der Waals surface area contributed by atoms with E-state index >= 15 is 0 Å². The number of hydrogen-bond donors (Lipinski definition) is 1. The number of nitrogens with one attached hydrogen (secondary N) is 1. The summed E-state index contributed by atoms with van der Waals surface area (Å²) in [5, 5.41) is 2.73. The first-order valence-electron chi connectivity index (χ1n) is 9.02. The summed E-state index contributed by atoms with van der Waals surface area (Å²) >= 11 is 0. The average molecular weight is 352 g/mol. The second-order valence-electron chi connectivity index (χ2n) is 6.58. The van der Waals surface area contributed by atoms with Crippen LogP contribution >= 0.6 is 0 Å². The van der Waals surface area contributed by atoms with Gasteiger partial charge in [0, 0.05) is 19.9 Å². The zero-order chi connectivity index (χ0) is 18.4. The van der Waals surface area contributed by atoms with Crippen molar-refractivity contribution in [2.75, 3.05) is 6.54 Å². The van der Waals surface area contributed by atoms with Crippen LogP contribution in [0.3, 0.4) is 0 Å². The Morgan fingerprint density at radius 2 is 2.04 bits per heavy atom. The van der Waals surface area contributed by atoms with Crippen molar-refractivity contribution < 1.29 is 9.59 Å². The molecular weight excluding hydrogens is 328 g/mol. The standard InChI is InChI=1S/C20H24N4O2/c1-15(25)22-13-17-12-21-14-18(23-17)19-8-5-11-24(19)20(26)10-9-16-6-3-2-4-7-16/h2-4,6-7,12,14,19H,5,8-11,13H2,1H3,(H,22,25)/t19-/m0/s1. The third-order valence-electron chi connectivity index (χ3n) is 4.61. The molecule has 3 rings (SSSR count). The maximum Gasteiger partial charge on any atom is 0.223 e. The summed E-state index contributed by atoms with van der Waals surface area (Å²) in [6.07, 6.45) is 6.49. The summed E-state index contributed by atoms with van der Waals surface area (Å²) in [5.41, 5.74) is 2.69. The highest BCUT2D eigenvalue weighted by atomic mass is 16.2. The number of hydrogen-bond acceptors (Lipinski definition) is 4. The zero-order valence-electron chi connectivity index (χ0n) is 15.0. The van der Waals surface area contributed by atoms with E-state index < -0.39 is 0 Å². The van der Waals surface area contributed by atoms with Gasteiger partial charge >= 0.3 is 0 Å². The summed E-state index contributed by atoms with van der Waals surface area (Å²) in [7, 11) is 0. The molecule has 6 nitrogen and oxygen atoms in total. The molecular formula is C20H24N4O2. The molecule has 26 heavy (non-hydrogen) atoms. The number of carbonyl (C=O) groups is 2. The Morgan fingerprint density at radius 3 is 2.81 bits per heavy atom. The fraction of sp³-hybridized carbons (Fsp3) is 0.400. The minimum atomic E-state index is -0.101. The summed E-state index contributed by atoms with van der Waals surface area (Å²) in [6.45, 7) is 2.59. The molecule has 1 aliphatic heterocycles. The highest BCUT2D eigenvalue weighted by molar-refractivity contribution is 5.77. The first-order chi connectivity index (χ1) is 12.6. The lowest BCUT2D eigenvalue weighted by molar-refractivity contribution is -0.132. The Balaban J connectivity index is 1.64. The first kappa shape index (κ1) is 18.0. The van der Waals surface area contributed by atoms with Gasteiger partial charge in [-0.1, -0.05) is 30.3 Å². The molecule has 1 aromatic carbocycles. The molecule has 0 aliphatic carbocycles. The van der Waals surface area contributed by atoms with Crippen LogP contribution in [0, 0.1) is 0 Å². The first-order valence-corrected chi connectivity index (χ1v) is 9.02. The number of nitrogens with zero attached hydrogens (tertiary/aromatic N) is 3. The average Bonchev–Trinajstić information content (AvgIpc) is 3.15. The summed E-state index contributed by atoms with van der Waals surface area (Å²) < 4.78 is 0. The smallest absolute Gasteiger partial charge is 0.223 e. The Hall–Kier alpha value is -2.76. The fourth-order valence-corrected chi connectivity index (χ4v) is 3.30. The fourth-order valence-electron chi connectivity index (χ4n) is 3.30. The van der Waals surface area contributed by atoms with Gasteiger partial charge in [-0.15, -0.1) is 0 Å². The molecule has 2 amide bonds. The second-order valence-corrected chi connectivity index (χ2v) is 6.58. The van der Waals surface area contributed by atoms with Gasteiger partial charge in [0.2, 0.25) is 11.8 Å². The van der Waals surface area contributed by atoms with E-state index in [9.17, 15) is 9.59 Å². The van der Waals surface area contributed by atoms with Crippen LogP contribution in [0.5, 0.6) is 0 Å². The van der Waals surface area contributed by atoms with Crippen LogP contribution in [-0.4, -0.2) is 33.2 Å². The van der Waals surface area contributed by atoms with Crippen molar-refractivity contribution in [3.8, 4) is 0 Å². The van der Waals surface area contributed by atoms with E-state index in [1.165, 1.54) is 12.5 Å². The minimum absolute atomic E-state index is 0.0250. The highest BCUT2D eigenvalue weighted by Crippen LogP contribution is 2.31. The SMILES string of the molecule is CC(=O)NCc1cncc([C@@H]2CCCN2C(=O)CCc2ccccc2)n1. The number of aryl methyl sites for hydroxylation is 1. The van der Waals surface area contributed by atoms with Gasteiger partial charge in [-0.25, -0.2) is 0 Å². The Morgan fingerprint density at radius 1 is 1.23 bits per heavy atom. The molecule has 1 aromatic heterocycles. The maximum atomic E-state index is 12.7. The van der Waals surface area contributed by atoms with Crippen LogP contribution in [0.4, 0.5) is 0 Å². The van der Waals surface area contributed by atoms with Crippen LogP contribution in [0.1, 0.15) is 49.2 Å². The third-order valence-corrected chi connectivity index (χ3v) is 4.61. The van der Waals surface area contributed by atoms with Crippen LogP contribution in [0.15, 0.2) is 42.7 Å². The lowest BCUT2D eigenvalue weighted by atomic mass is 10.1. The zero-order valence-corrected chi connectivity index (χ0v) is 15.0. The lowest BCUT2D eigenvalue weighted by Gasteiger charge is -2.24. The lowest BCUT2D eigenvalue weighted by Crippen LogP contribution is -2.31. The van der Waals surface area contributed by atoms with E-state index in [-0.39, 0.29) is 17.9 Å². The number of likely N-dealkylation sites (tertiary alicyclic amines) is 1. The van der Waals surface area contributed by atoms with Crippen molar-refractivity contribution >= 4 is 11.8 Å². The monoisotopic (exact) mass is 352 g/mol. The predicted molar refractivity (Wildman–Crippen MR) is 98.0 cm³/mol. The van der Waals surface area contributed by atoms with Crippen molar-refractivity contribution in [2.24, 2.45) is 0 Å². The molecule has 1 atom stereocenters. The molecule has 1 N–H and O–H groups in total. The quantitative estimate of drug-likeness (QED) is 0.866. The molecule has 0 radical (unpaired) electrons. The molecule has 0 bridgehead atoms. The van der Waals surface area contributed by atoms with Gasteiger partial charge in [-0.3, -0.25) is 19.6 Å². The molecule has 2 heterocycles. The van der Waals surface area contributed by atoms with E-state index in [1.807, 2.05) is 35.2 Å². The Kier molecular flexibility index (Phi) is 5.94. The van der Waals surface area contributed by atoms with E-state index in [1.54, 1.807) is 12.4 Å². The number of amides is 2. The van der Waals surface area contributed by atoms with Crippen LogP contribution < -0.4 is 5.32 Å². The molecule has 0 saturated carbocycles. The summed E-state index contributed by atoms with van der Waals surface area (Å²) in [4.78, 5) is 34.6. The van der Waals surface area contributed by atoms with Gasteiger partial charge in [0.25, 0.3) is 0 Å². The van der Waals surface area contributed by atoms with Crippen LogP contribution in [0.25, 0.3) is 0 Å². The largest absolute Gasteiger partial charge is 0.351 e. The van der Waals surface area contributed by atoms with Gasteiger partial charge in [0.05, 0.1) is 36.4 Å². The molecule has 2 aromatic rings. The van der Waals surface area contributed by atoms with Crippen molar-refractivity contribution in [1.29, 1.82) is 0 Å². The van der Waals surface area contributed by atoms with Crippen LogP contribution in [0.2, 0.25) is 0 Å². The molecule has 0 spiro atoms. The number of rotatable bonds is 6. The second kappa shape index (κ2) is 8.56. The molecule has 136 valence electrons. The number of benzene rings is 1. The van der Waals surface area contributed by atoms with Gasteiger partial charge in [0.15, 0.2) is 0 Å². The number of aromatic nitrogens is 2. The van der Waals surface area contributed by atoms with E-state index in [0.717, 1.165) is 31.5 Å². The van der Waals surface area contributed by atoms with Crippen LogP contribution in [-0.2, 0) is 22.6 Å². The molecule has 6 heteroatoms. The number of carbonyl (C=O) groups excluding carboxylic acids is 2. The predicted octanol–water partition coefficient (Wildman–Crippen LogP) is 2.41. The Bertz CT molecular complexity index is 763. The van der Waals surface area contributed by atoms with Crippen molar-refractivity contribution in [2.45, 2.75) is 45.2 Å². The van der Waals surface area contributed by atoms with E-state index in [2.05, 4.69) is 15.3 Å². The third kappa shape index (κ3) is 4.65. The molecule has 1 aliphatic rings. The molecule has 0 unspecified atom stereocenters. The normalized spacial score (nSPS) is 16.5. The molecule has 1 fully saturated rings. The molecule has 1 saturated heterocycles. The van der Waals surface area contributed by atoms with Crippen molar-refractivity contribution in [3.05, 3.63) is 59.7 Å². The van der Waals surface area contributed by atoms with Gasteiger partial charge in [-0.05, 0) is 24.8 Å². The van der Waals surface area contributed by atoms with Gasteiger partial charge in [0.1, 0.15) is 0 Å². The minimum Gasteiger partial charge on any atom is -0.351 e. The summed E-state index contributed by atoms with van der Waals surface area (Å²) in [6, 6.07) is 10.0. The Labute approximate surface area is 153 Å². The van der Waals surface area contributed by atoms with Gasteiger partial charge < -0.3 is 10.2 Å². The van der Waals surface area contributed by atoms with Gasteiger partial charge in [-0.2, -0.15) is 0 Å². The highest BCUT2D eigenvalue weighted by Gasteiger charge is 2.30. The van der Waals surface area contributed by atoms with Crippen molar-refractivity contribution in [3.63, 3.8) is 0 Å². The summed E-state index contributed by atoms with van der Waals surface area (Å²) in [5.74, 6) is 0.0567. The van der Waals surface area contributed by atoms with E-state index in [0.29, 0.717) is 18.7 Å². The van der Waals surface area contributed by atoms with E-state index in [4.69, 9.17) is 0 Å². The maximum absolute atomic E-state index is 12.7. The topological polar surface area (TPSA) is 75.2 Å². The van der Waals surface area contributed by atoms with Crippen molar-refractivity contribution in [1.82, 2.24) is 20.2 Å².